The molecule has 0 amide bonds. The van der Waals surface area contributed by atoms with Crippen molar-refractivity contribution >= 4 is 5.69 Å². The Morgan fingerprint density at radius 1 is 1.10 bits per heavy atom. The van der Waals surface area contributed by atoms with E-state index in [-0.39, 0.29) is 0 Å². The van der Waals surface area contributed by atoms with E-state index in [2.05, 4.69) is 10.2 Å². The van der Waals surface area contributed by atoms with Crippen LogP contribution in [0, 0.1) is 0 Å². The van der Waals surface area contributed by atoms with Crippen molar-refractivity contribution in [2.45, 2.75) is 6.92 Å². The van der Waals surface area contributed by atoms with Gasteiger partial charge in [0.15, 0.2) is 0 Å². The van der Waals surface area contributed by atoms with Crippen LogP contribution >= 0.6 is 0 Å². The molecule has 0 aliphatic heterocycles. The van der Waals surface area contributed by atoms with E-state index in [1.54, 1.807) is 0 Å². The fourth-order valence-corrected chi connectivity index (χ4v) is 2.26. The van der Waals surface area contributed by atoms with Crippen molar-refractivity contribution in [1.29, 1.82) is 0 Å². The van der Waals surface area contributed by atoms with Crippen molar-refractivity contribution in [3.63, 3.8) is 0 Å². The number of aromatic amines is 1. The van der Waals surface area contributed by atoms with Gasteiger partial charge in [-0.25, -0.2) is 0 Å². The largest absolute Gasteiger partial charge is 0.494 e. The summed E-state index contributed by atoms with van der Waals surface area (Å²) < 4.78 is 5.52. The lowest BCUT2D eigenvalue weighted by Gasteiger charge is -2.04. The topological polar surface area (TPSA) is 63.9 Å². The van der Waals surface area contributed by atoms with Gasteiger partial charge in [0.05, 0.1) is 18.0 Å². The van der Waals surface area contributed by atoms with Gasteiger partial charge in [-0.1, -0.05) is 30.3 Å². The molecule has 0 unspecified atom stereocenters. The monoisotopic (exact) mass is 279 g/mol. The lowest BCUT2D eigenvalue weighted by atomic mass is 10.1. The molecule has 0 saturated carbocycles. The van der Waals surface area contributed by atoms with Crippen molar-refractivity contribution in [1.82, 2.24) is 10.2 Å². The Kier molecular flexibility index (Phi) is 3.60. The summed E-state index contributed by atoms with van der Waals surface area (Å²) in [6, 6.07) is 17.6. The molecule has 1 heterocycles. The zero-order chi connectivity index (χ0) is 14.7. The summed E-state index contributed by atoms with van der Waals surface area (Å²) in [5.74, 6) is 0.846. The lowest BCUT2D eigenvalue weighted by molar-refractivity contribution is 0.340. The molecule has 0 aliphatic rings. The van der Waals surface area contributed by atoms with E-state index in [1.165, 1.54) is 0 Å². The fourth-order valence-electron chi connectivity index (χ4n) is 2.26. The summed E-state index contributed by atoms with van der Waals surface area (Å²) in [6.07, 6.45) is 0. The fraction of sp³-hybridized carbons (Fsp3) is 0.118. The number of nitrogens with zero attached hydrogens (tertiary/aromatic N) is 1. The van der Waals surface area contributed by atoms with Gasteiger partial charge in [-0.2, -0.15) is 5.10 Å². The number of hydrogen-bond acceptors (Lipinski definition) is 3. The van der Waals surface area contributed by atoms with E-state index in [9.17, 15) is 0 Å². The van der Waals surface area contributed by atoms with Crippen LogP contribution < -0.4 is 10.5 Å². The van der Waals surface area contributed by atoms with E-state index in [0.717, 1.165) is 34.0 Å². The molecule has 4 nitrogen and oxygen atoms in total. The number of benzene rings is 2. The van der Waals surface area contributed by atoms with Crippen LogP contribution in [-0.2, 0) is 0 Å². The molecule has 4 heteroatoms. The Morgan fingerprint density at radius 3 is 2.76 bits per heavy atom. The molecule has 0 spiro atoms. The highest BCUT2D eigenvalue weighted by molar-refractivity contribution is 5.76. The first-order valence-electron chi connectivity index (χ1n) is 6.91. The van der Waals surface area contributed by atoms with Crippen molar-refractivity contribution in [3.05, 3.63) is 54.6 Å². The van der Waals surface area contributed by atoms with Gasteiger partial charge >= 0.3 is 0 Å². The van der Waals surface area contributed by atoms with Gasteiger partial charge in [-0.3, -0.25) is 5.10 Å². The third-order valence-corrected chi connectivity index (χ3v) is 3.27. The predicted molar refractivity (Wildman–Crippen MR) is 85.0 cm³/mol. The van der Waals surface area contributed by atoms with Crippen LogP contribution in [0.5, 0.6) is 5.75 Å². The van der Waals surface area contributed by atoms with Crippen LogP contribution in [0.4, 0.5) is 5.69 Å². The maximum absolute atomic E-state index is 6.00. The third kappa shape index (κ3) is 2.74. The second-order valence-corrected chi connectivity index (χ2v) is 4.71. The normalized spacial score (nSPS) is 10.5. The van der Waals surface area contributed by atoms with Gasteiger partial charge in [0.2, 0.25) is 0 Å². The molecular formula is C17H17N3O. The molecule has 21 heavy (non-hydrogen) atoms. The first-order valence-corrected chi connectivity index (χ1v) is 6.91. The first-order chi connectivity index (χ1) is 10.3. The predicted octanol–water partition coefficient (Wildman–Crippen LogP) is 3.72. The summed E-state index contributed by atoms with van der Waals surface area (Å²) in [4.78, 5) is 0. The number of rotatable bonds is 4. The van der Waals surface area contributed by atoms with E-state index in [4.69, 9.17) is 10.5 Å². The first kappa shape index (κ1) is 13.2. The molecule has 0 aliphatic carbocycles. The van der Waals surface area contributed by atoms with E-state index >= 15 is 0 Å². The maximum atomic E-state index is 6.00. The Balaban J connectivity index is 1.95. The van der Waals surface area contributed by atoms with Crippen molar-refractivity contribution in [3.8, 4) is 28.3 Å². The van der Waals surface area contributed by atoms with Crippen LogP contribution in [0.3, 0.4) is 0 Å². The molecular weight excluding hydrogens is 262 g/mol. The summed E-state index contributed by atoms with van der Waals surface area (Å²) >= 11 is 0. The minimum Gasteiger partial charge on any atom is -0.494 e. The second-order valence-electron chi connectivity index (χ2n) is 4.71. The van der Waals surface area contributed by atoms with Gasteiger partial charge in [0, 0.05) is 16.8 Å². The van der Waals surface area contributed by atoms with Crippen LogP contribution in [0.25, 0.3) is 22.5 Å². The molecule has 3 aromatic rings. The van der Waals surface area contributed by atoms with Crippen LogP contribution in [0.15, 0.2) is 54.6 Å². The Bertz CT molecular complexity index is 749. The smallest absolute Gasteiger partial charge is 0.119 e. The number of anilines is 1. The van der Waals surface area contributed by atoms with Crippen molar-refractivity contribution < 1.29 is 4.74 Å². The van der Waals surface area contributed by atoms with E-state index < -0.39 is 0 Å². The molecule has 2 aromatic carbocycles. The number of ether oxygens (including phenoxy) is 1. The number of nitrogens with two attached hydrogens (primary N) is 1. The van der Waals surface area contributed by atoms with Gasteiger partial charge in [0.1, 0.15) is 5.75 Å². The molecule has 0 bridgehead atoms. The number of para-hydroxylation sites is 1. The summed E-state index contributed by atoms with van der Waals surface area (Å²) in [5, 5.41) is 7.41. The molecule has 0 radical (unpaired) electrons. The quantitative estimate of drug-likeness (QED) is 0.715. The minimum absolute atomic E-state index is 0.649. The molecule has 1 aromatic heterocycles. The summed E-state index contributed by atoms with van der Waals surface area (Å²) in [6.45, 7) is 2.62. The third-order valence-electron chi connectivity index (χ3n) is 3.27. The van der Waals surface area contributed by atoms with Crippen LogP contribution in [0.2, 0.25) is 0 Å². The molecule has 106 valence electrons. The second kappa shape index (κ2) is 5.71. The molecule has 0 atom stereocenters. The number of nitrogens with one attached hydrogen (secondary N) is 1. The van der Waals surface area contributed by atoms with E-state index in [0.29, 0.717) is 6.61 Å². The highest BCUT2D eigenvalue weighted by atomic mass is 16.5. The van der Waals surface area contributed by atoms with Gasteiger partial charge in [-0.05, 0) is 31.2 Å². The number of aromatic nitrogens is 2. The van der Waals surface area contributed by atoms with Crippen molar-refractivity contribution in [2.24, 2.45) is 0 Å². The molecule has 3 N–H and O–H groups in total. The lowest BCUT2D eigenvalue weighted by Crippen LogP contribution is -1.91. The molecule has 3 rings (SSSR count). The van der Waals surface area contributed by atoms with Gasteiger partial charge in [0.25, 0.3) is 0 Å². The SMILES string of the molecule is CCOc1cccc(-c2cc(-c3ccccc3N)[nH]n2)c1. The Labute approximate surface area is 123 Å². The highest BCUT2D eigenvalue weighted by Crippen LogP contribution is 2.28. The summed E-state index contributed by atoms with van der Waals surface area (Å²) in [5.41, 5.74) is 10.5. The maximum Gasteiger partial charge on any atom is 0.119 e. The zero-order valence-corrected chi connectivity index (χ0v) is 11.8. The molecule has 0 fully saturated rings. The Hall–Kier alpha value is -2.75. The van der Waals surface area contributed by atoms with E-state index in [1.807, 2.05) is 61.5 Å². The number of H-pyrrole nitrogens is 1. The van der Waals surface area contributed by atoms with Crippen LogP contribution in [-0.4, -0.2) is 16.8 Å². The standard InChI is InChI=1S/C17H17N3O/c1-2-21-13-7-5-6-12(10-13)16-11-17(20-19-16)14-8-3-4-9-15(14)18/h3-11H,2,18H2,1H3,(H,19,20). The molecule has 0 saturated heterocycles. The summed E-state index contributed by atoms with van der Waals surface area (Å²) in [7, 11) is 0. The highest BCUT2D eigenvalue weighted by Gasteiger charge is 2.08. The average molecular weight is 279 g/mol. The van der Waals surface area contributed by atoms with Crippen LogP contribution in [0.1, 0.15) is 6.92 Å². The number of hydrogen-bond donors (Lipinski definition) is 2. The average Bonchev–Trinajstić information content (AvgIpc) is 2.98. The van der Waals surface area contributed by atoms with Gasteiger partial charge < -0.3 is 10.5 Å². The zero-order valence-electron chi connectivity index (χ0n) is 11.8. The Morgan fingerprint density at radius 2 is 1.95 bits per heavy atom. The number of nitrogen functional groups attached to an aromatic ring is 1. The van der Waals surface area contributed by atoms with Crippen molar-refractivity contribution in [2.75, 3.05) is 12.3 Å². The van der Waals surface area contributed by atoms with Gasteiger partial charge in [-0.15, -0.1) is 0 Å². The minimum atomic E-state index is 0.649.